The van der Waals surface area contributed by atoms with Gasteiger partial charge in [-0.15, -0.1) is 0 Å². The predicted octanol–water partition coefficient (Wildman–Crippen LogP) is 18.1. The highest BCUT2D eigenvalue weighted by Crippen LogP contribution is 2.58. The van der Waals surface area contributed by atoms with E-state index in [9.17, 15) is 24.9 Å². The van der Waals surface area contributed by atoms with Crippen molar-refractivity contribution in [3.8, 4) is 0 Å². The summed E-state index contributed by atoms with van der Waals surface area (Å²) < 4.78 is 110. The molecule has 16 aliphatic rings. The minimum Gasteiger partial charge on any atom is -0.417 e. The molecule has 120 heavy (non-hydrogen) atoms. The Morgan fingerprint density at radius 3 is 1.25 bits per heavy atom. The van der Waals surface area contributed by atoms with E-state index >= 15 is 0 Å². The number of hydrogen-bond donors (Lipinski definition) is 3. The van der Waals surface area contributed by atoms with E-state index in [1.807, 2.05) is 0 Å². The van der Waals surface area contributed by atoms with Crippen molar-refractivity contribution in [1.29, 1.82) is 0 Å². The summed E-state index contributed by atoms with van der Waals surface area (Å²) in [4.78, 5) is 28.6. The van der Waals surface area contributed by atoms with Crippen molar-refractivity contribution >= 4 is 60.1 Å². The molecule has 0 saturated carbocycles. The van der Waals surface area contributed by atoms with Crippen LogP contribution in [0, 0.1) is 47.3 Å². The molecule has 16 heterocycles. The van der Waals surface area contributed by atoms with Gasteiger partial charge in [-0.2, -0.15) is 0 Å². The van der Waals surface area contributed by atoms with Crippen LogP contribution >= 0.6 is 31.9 Å². The Morgan fingerprint density at radius 1 is 0.500 bits per heavy atom. The molecular formula is C95H156Br2O21Si2. The molecule has 12 bridgehead atoms. The van der Waals surface area contributed by atoms with Gasteiger partial charge < -0.3 is 90.5 Å². The van der Waals surface area contributed by atoms with Crippen molar-refractivity contribution in [1.82, 2.24) is 0 Å². The third-order valence-electron chi connectivity index (χ3n) is 31.5. The van der Waals surface area contributed by atoms with Crippen molar-refractivity contribution < 1.29 is 100 Å². The van der Waals surface area contributed by atoms with Gasteiger partial charge >= 0.3 is 0 Å². The fraction of sp³-hybridized carbons (Fsp3) is 0.895. The molecule has 16 fully saturated rings. The molecule has 0 aromatic carbocycles. The van der Waals surface area contributed by atoms with Gasteiger partial charge in [0, 0.05) is 96.9 Å². The summed E-state index contributed by atoms with van der Waals surface area (Å²) in [6.07, 6.45) is 13.8. The molecule has 684 valence electrons. The normalized spacial score (nSPS) is 42.2. The Hall–Kier alpha value is -1.07. The van der Waals surface area contributed by atoms with Gasteiger partial charge in [0.05, 0.1) is 97.7 Å². The molecule has 36 atom stereocenters. The van der Waals surface area contributed by atoms with Gasteiger partial charge in [0.25, 0.3) is 0 Å². The largest absolute Gasteiger partial charge is 0.417 e. The zero-order valence-electron chi connectivity index (χ0n) is 76.1. The highest BCUT2D eigenvalue weighted by Gasteiger charge is 2.71. The molecule has 0 aromatic rings. The van der Waals surface area contributed by atoms with E-state index in [1.54, 1.807) is 0 Å². The zero-order valence-corrected chi connectivity index (χ0v) is 81.3. The van der Waals surface area contributed by atoms with Gasteiger partial charge in [0.1, 0.15) is 72.6 Å². The maximum atomic E-state index is 14.3. The fourth-order valence-electron chi connectivity index (χ4n) is 22.2. The quantitative estimate of drug-likeness (QED) is 0.0384. The molecule has 16 aliphatic heterocycles. The summed E-state index contributed by atoms with van der Waals surface area (Å²) in [6, 6.07) is 0. The van der Waals surface area contributed by atoms with Crippen LogP contribution < -0.4 is 0 Å². The number of fused-ring (bicyclic) bond motifs is 2. The first-order valence-corrected chi connectivity index (χ1v) is 54.5. The summed E-state index contributed by atoms with van der Waals surface area (Å²) in [7, 11) is -3.77. The van der Waals surface area contributed by atoms with Crippen molar-refractivity contribution in [2.24, 2.45) is 47.3 Å². The molecule has 0 amide bonds. The van der Waals surface area contributed by atoms with Gasteiger partial charge in [-0.3, -0.25) is 9.59 Å². The van der Waals surface area contributed by atoms with E-state index in [4.69, 9.17) is 75.2 Å². The predicted molar refractivity (Wildman–Crippen MR) is 474 cm³/mol. The number of unbranched alkanes of at least 4 members (excludes halogenated alkanes) is 1. The first kappa shape index (κ1) is 96.5. The maximum Gasteiger partial charge on any atom is 0.191 e. The van der Waals surface area contributed by atoms with Crippen LogP contribution in [0.4, 0.5) is 0 Å². The number of rotatable bonds is 38. The Labute approximate surface area is 738 Å². The number of ketones is 2. The lowest BCUT2D eigenvalue weighted by atomic mass is 9.78. The van der Waals surface area contributed by atoms with E-state index in [0.29, 0.717) is 120 Å². The lowest BCUT2D eigenvalue weighted by Gasteiger charge is -2.47. The molecule has 21 nitrogen and oxygen atoms in total. The summed E-state index contributed by atoms with van der Waals surface area (Å²) >= 11 is 6.76. The molecule has 0 aliphatic carbocycles. The fourth-order valence-corrected chi connectivity index (χ4v) is 25.2. The first-order valence-electron chi connectivity index (χ1n) is 47.1. The van der Waals surface area contributed by atoms with Crippen molar-refractivity contribution in [3.05, 3.63) is 46.4 Å². The number of Topliss-reactive ketones (excluding diaryl/α,β-unsaturated/α-hetero) is 2. The first-order chi connectivity index (χ1) is 56.5. The number of ether oxygens (including phenoxy) is 14. The highest BCUT2D eigenvalue weighted by molar-refractivity contribution is 9.12. The zero-order chi connectivity index (χ0) is 86.6. The molecule has 0 aromatic heterocycles. The third kappa shape index (κ3) is 22.4. The van der Waals surface area contributed by atoms with E-state index < -0.39 is 40.4 Å². The Bertz CT molecular complexity index is 3260. The van der Waals surface area contributed by atoms with Crippen LogP contribution in [0.15, 0.2) is 46.4 Å². The number of carbonyl (C=O) groups excluding carboxylic acids is 2. The highest BCUT2D eigenvalue weighted by atomic mass is 79.9. The van der Waals surface area contributed by atoms with Crippen LogP contribution in [0.1, 0.15) is 263 Å². The number of hydrogen-bond acceptors (Lipinski definition) is 21. The number of carbonyl (C=O) groups is 2. The monoisotopic (exact) mass is 1850 g/mol. The third-order valence-corrected chi connectivity index (χ3v) is 41.2. The lowest BCUT2D eigenvalue weighted by molar-refractivity contribution is -0.292. The topological polar surface area (TPSA) is 243 Å². The van der Waals surface area contributed by atoms with Gasteiger partial charge in [-0.1, -0.05) is 161 Å². The average Bonchev–Trinajstić information content (AvgIpc) is 1.55. The summed E-state index contributed by atoms with van der Waals surface area (Å²) in [5, 5.41) is 31.2. The Morgan fingerprint density at radius 2 is 0.875 bits per heavy atom. The molecule has 3 N–H and O–H groups in total. The molecule has 8 unspecified atom stereocenters. The van der Waals surface area contributed by atoms with E-state index in [0.717, 1.165) is 110 Å². The number of aliphatic hydroxyl groups is 3. The second-order valence-corrected chi connectivity index (χ2v) is 55.0. The van der Waals surface area contributed by atoms with E-state index in [-0.39, 0.29) is 198 Å². The molecular weight excluding hydrogens is 1690 g/mol. The summed E-state index contributed by atoms with van der Waals surface area (Å²) in [6.45, 7) is 57.2. The van der Waals surface area contributed by atoms with Crippen LogP contribution in [0.3, 0.4) is 0 Å². The molecule has 25 heteroatoms. The van der Waals surface area contributed by atoms with E-state index in [1.165, 1.54) is 0 Å². The SMILES string of the molecule is C=C(Br)C[C@H](O)CC[C@@]12C[C@H]3O[C@H]4C(O1)[C@H]1O[C@@H](CC(=O)C[C@H]5C(C[C@H]6OC(CCCC)C[C@@H](C)C6=C)O[C@H](C[C@H](C)CO[Si](C)(C)C(C)(C)C)[C@@H]5C)CC[C@@H]1O[C@H]4C3O2.C=C(Br)C[C@H](O)CC[C@@]12C[C@H]3O[C@H]4C(O1)[C@H]1O[C@@H](CC(=O)C[C@H]5C(C[C@H]6OC(CCCO)C[C@@H](C)C6=C)O[C@H](C[C@H](C)CO[Si](C)(C)C(C)(C)C)[C@@H]5C)CC[C@@H]1O[C@H]4C3O2. The Balaban J connectivity index is 0.000000207. The summed E-state index contributed by atoms with van der Waals surface area (Å²) in [5.74, 6) is 0.530. The number of halogens is 2. The minimum absolute atomic E-state index is 0.00659. The van der Waals surface area contributed by atoms with Gasteiger partial charge in [-0.25, -0.2) is 0 Å². The summed E-state index contributed by atoms with van der Waals surface area (Å²) in [5.41, 5.74) is 2.26. The van der Waals surface area contributed by atoms with Gasteiger partial charge in [0.2, 0.25) is 0 Å². The maximum absolute atomic E-state index is 14.3. The molecule has 0 radical (unpaired) electrons. The van der Waals surface area contributed by atoms with Crippen LogP contribution in [0.5, 0.6) is 0 Å². The van der Waals surface area contributed by atoms with Crippen molar-refractivity contribution in [3.63, 3.8) is 0 Å². The molecule has 16 saturated heterocycles. The van der Waals surface area contributed by atoms with Crippen LogP contribution in [0.25, 0.3) is 0 Å². The standard InChI is InChI=1S/C48H79BrO10Si.C47H77BrO11Si/c1-12-13-14-34-20-28(3)30(5)39(53-34)24-40-36(31(6)38(55-40)19-27(2)26-52-60(10,11)47(7,8)9)23-33(51)22-35-15-16-37-42(54-35)46-45-44(56-37)43-41(57-45)25-48(58-43,59-46)18-17-32(50)21-29(4)49;1-26(25-52-60(9,10)46(6,7)8)18-37-30(5)35(39(55-37)23-38-29(4)27(2)19-33(53-38)12-11-17-49)22-32(51)21-34-13-14-36-41(54-34)45-44-43(56-36)42-40(57-44)24-47(58-42,59-45)16-15-31(50)20-28(3)48/h27-28,31-32,34-46,50H,4-5,12-26H2,1-3,6-11H3;26-27,30-31,33-45,49-50H,3-4,11-25H2,1-2,5-10H3/t27-,28+,31+,32+,34?,35+,36+,37-,38+,39+,40?,41+,42-,43?,44-,45+,46?,48-;26-,27+,30+,31+,33?,34+,35+,36-,37+,38+,39?,40+,41-,42?,43-,44+,45?,47-/m00/s1. The van der Waals surface area contributed by atoms with Gasteiger partial charge in [-0.05, 0) is 187 Å². The van der Waals surface area contributed by atoms with E-state index in [2.05, 4.69) is 174 Å². The van der Waals surface area contributed by atoms with Crippen LogP contribution in [-0.4, -0.2) is 234 Å². The van der Waals surface area contributed by atoms with Crippen LogP contribution in [0.2, 0.25) is 36.3 Å². The average molecular weight is 1850 g/mol. The van der Waals surface area contributed by atoms with Crippen molar-refractivity contribution in [2.75, 3.05) is 19.8 Å². The lowest BCUT2D eigenvalue weighted by Crippen LogP contribution is -2.61. The smallest absolute Gasteiger partial charge is 0.191 e. The molecule has 0 spiro atoms. The van der Waals surface area contributed by atoms with Gasteiger partial charge in [0.15, 0.2) is 28.2 Å². The molecule has 16 rings (SSSR count). The second kappa shape index (κ2) is 39.9. The minimum atomic E-state index is -1.90. The van der Waals surface area contributed by atoms with Crippen LogP contribution in [-0.2, 0) is 84.8 Å². The van der Waals surface area contributed by atoms with Crippen molar-refractivity contribution in [2.45, 2.75) is 470 Å². The number of aliphatic hydroxyl groups excluding tert-OH is 3. The second-order valence-electron chi connectivity index (χ2n) is 43.1. The Kier molecular flexibility index (Phi) is 32.1.